The third-order valence-corrected chi connectivity index (χ3v) is 3.59. The SMILES string of the molecule is CCCCCNC(=S)N1CCC(CCCCC)=N1. The summed E-state index contributed by atoms with van der Waals surface area (Å²) in [6.45, 7) is 6.38. The minimum atomic E-state index is 0.802. The van der Waals surface area contributed by atoms with Crippen molar-refractivity contribution in [2.75, 3.05) is 13.1 Å². The molecule has 3 nitrogen and oxygen atoms in total. The third-order valence-electron chi connectivity index (χ3n) is 3.23. The first-order chi connectivity index (χ1) is 8.77. The highest BCUT2D eigenvalue weighted by Crippen LogP contribution is 2.12. The molecule has 1 aliphatic heterocycles. The largest absolute Gasteiger partial charge is 0.361 e. The zero-order chi connectivity index (χ0) is 13.2. The van der Waals surface area contributed by atoms with Crippen LogP contribution in [0.3, 0.4) is 0 Å². The van der Waals surface area contributed by atoms with E-state index in [1.54, 1.807) is 0 Å². The fraction of sp³-hybridized carbons (Fsp3) is 0.857. The molecule has 0 atom stereocenters. The summed E-state index contributed by atoms with van der Waals surface area (Å²) in [4.78, 5) is 0. The third kappa shape index (κ3) is 5.80. The topological polar surface area (TPSA) is 27.6 Å². The number of nitrogens with zero attached hydrogens (tertiary/aromatic N) is 2. The van der Waals surface area contributed by atoms with Crippen LogP contribution in [0, 0.1) is 0 Å². The highest BCUT2D eigenvalue weighted by molar-refractivity contribution is 7.80. The molecule has 0 spiro atoms. The Bertz CT molecular complexity index is 276. The van der Waals surface area contributed by atoms with Crippen LogP contribution in [0.2, 0.25) is 0 Å². The van der Waals surface area contributed by atoms with Crippen LogP contribution in [-0.2, 0) is 0 Å². The van der Waals surface area contributed by atoms with E-state index < -0.39 is 0 Å². The van der Waals surface area contributed by atoms with E-state index in [4.69, 9.17) is 12.2 Å². The predicted molar refractivity (Wildman–Crippen MR) is 83.0 cm³/mol. The Morgan fingerprint density at radius 2 is 1.94 bits per heavy atom. The highest BCUT2D eigenvalue weighted by atomic mass is 32.1. The number of thiocarbonyl (C=S) groups is 1. The summed E-state index contributed by atoms with van der Waals surface area (Å²) in [6.07, 6.45) is 9.77. The van der Waals surface area contributed by atoms with Crippen molar-refractivity contribution in [3.8, 4) is 0 Å². The Morgan fingerprint density at radius 3 is 2.67 bits per heavy atom. The van der Waals surface area contributed by atoms with Gasteiger partial charge in [-0.15, -0.1) is 0 Å². The normalized spacial score (nSPS) is 14.8. The Balaban J connectivity index is 2.20. The van der Waals surface area contributed by atoms with E-state index in [0.717, 1.165) is 31.0 Å². The summed E-state index contributed by atoms with van der Waals surface area (Å²) in [5.41, 5.74) is 1.32. The monoisotopic (exact) mass is 269 g/mol. The maximum absolute atomic E-state index is 5.36. The summed E-state index contributed by atoms with van der Waals surface area (Å²) in [5.74, 6) is 0. The van der Waals surface area contributed by atoms with Crippen LogP contribution in [0.4, 0.5) is 0 Å². The molecule has 0 aromatic rings. The molecule has 0 radical (unpaired) electrons. The second kappa shape index (κ2) is 9.31. The van der Waals surface area contributed by atoms with Crippen LogP contribution in [0.25, 0.3) is 0 Å². The number of hydrogen-bond acceptors (Lipinski definition) is 2. The van der Waals surface area contributed by atoms with Crippen molar-refractivity contribution >= 4 is 23.0 Å². The van der Waals surface area contributed by atoms with Crippen LogP contribution >= 0.6 is 12.2 Å². The molecule has 0 aliphatic carbocycles. The average Bonchev–Trinajstić information content (AvgIpc) is 2.84. The smallest absolute Gasteiger partial charge is 0.189 e. The van der Waals surface area contributed by atoms with Gasteiger partial charge in [-0.3, -0.25) is 0 Å². The van der Waals surface area contributed by atoms with Gasteiger partial charge in [0.2, 0.25) is 0 Å². The van der Waals surface area contributed by atoms with E-state index in [9.17, 15) is 0 Å². The van der Waals surface area contributed by atoms with Crippen LogP contribution in [-0.4, -0.2) is 28.9 Å². The lowest BCUT2D eigenvalue weighted by Gasteiger charge is -2.15. The summed E-state index contributed by atoms with van der Waals surface area (Å²) >= 11 is 5.36. The molecule has 0 fully saturated rings. The molecular weight excluding hydrogens is 242 g/mol. The van der Waals surface area contributed by atoms with Crippen molar-refractivity contribution in [3.63, 3.8) is 0 Å². The lowest BCUT2D eigenvalue weighted by atomic mass is 10.1. The molecule has 0 saturated heterocycles. The van der Waals surface area contributed by atoms with Gasteiger partial charge in [-0.2, -0.15) is 5.10 Å². The Hall–Kier alpha value is -0.640. The standard InChI is InChI=1S/C14H27N3S/c1-3-5-7-9-13-10-12-17(16-13)14(18)15-11-8-6-4-2/h3-12H2,1-2H3,(H,15,18). The van der Waals surface area contributed by atoms with E-state index in [2.05, 4.69) is 24.3 Å². The van der Waals surface area contributed by atoms with Gasteiger partial charge in [0, 0.05) is 25.2 Å². The quantitative estimate of drug-likeness (QED) is 0.538. The van der Waals surface area contributed by atoms with Crippen molar-refractivity contribution in [3.05, 3.63) is 0 Å². The Labute approximate surface area is 117 Å². The van der Waals surface area contributed by atoms with E-state index in [-0.39, 0.29) is 0 Å². The van der Waals surface area contributed by atoms with Gasteiger partial charge >= 0.3 is 0 Å². The van der Waals surface area contributed by atoms with Crippen LogP contribution < -0.4 is 5.32 Å². The molecule has 104 valence electrons. The van der Waals surface area contributed by atoms with Crippen molar-refractivity contribution in [2.24, 2.45) is 5.10 Å². The number of hydrazone groups is 1. The lowest BCUT2D eigenvalue weighted by Crippen LogP contribution is -2.35. The second-order valence-corrected chi connectivity index (χ2v) is 5.32. The predicted octanol–water partition coefficient (Wildman–Crippen LogP) is 3.69. The van der Waals surface area contributed by atoms with Gasteiger partial charge in [0.1, 0.15) is 0 Å². The zero-order valence-electron chi connectivity index (χ0n) is 11.9. The molecule has 1 N–H and O–H groups in total. The van der Waals surface area contributed by atoms with Crippen molar-refractivity contribution < 1.29 is 0 Å². The molecule has 0 unspecified atom stereocenters. The maximum atomic E-state index is 5.36. The fourth-order valence-electron chi connectivity index (χ4n) is 2.07. The van der Waals surface area contributed by atoms with E-state index >= 15 is 0 Å². The van der Waals surface area contributed by atoms with Crippen molar-refractivity contribution in [2.45, 2.75) is 65.2 Å². The van der Waals surface area contributed by atoms with Gasteiger partial charge in [-0.05, 0) is 31.5 Å². The summed E-state index contributed by atoms with van der Waals surface area (Å²) in [6, 6.07) is 0. The first kappa shape index (κ1) is 15.4. The molecular formula is C14H27N3S. The minimum Gasteiger partial charge on any atom is -0.361 e. The molecule has 0 aromatic carbocycles. The molecule has 0 aromatic heterocycles. The molecule has 4 heteroatoms. The van der Waals surface area contributed by atoms with E-state index in [1.807, 2.05) is 5.01 Å². The van der Waals surface area contributed by atoms with Gasteiger partial charge < -0.3 is 5.32 Å². The number of unbranched alkanes of at least 4 members (excludes halogenated alkanes) is 4. The van der Waals surface area contributed by atoms with Crippen molar-refractivity contribution in [1.29, 1.82) is 0 Å². The molecule has 0 amide bonds. The van der Waals surface area contributed by atoms with Crippen LogP contribution in [0.1, 0.15) is 65.2 Å². The number of hydrogen-bond donors (Lipinski definition) is 1. The summed E-state index contributed by atoms with van der Waals surface area (Å²) in [5, 5.41) is 10.7. The van der Waals surface area contributed by atoms with Gasteiger partial charge in [-0.25, -0.2) is 5.01 Å². The Morgan fingerprint density at radius 1 is 1.22 bits per heavy atom. The fourth-order valence-corrected chi connectivity index (χ4v) is 2.30. The number of rotatable bonds is 8. The van der Waals surface area contributed by atoms with Gasteiger partial charge in [0.25, 0.3) is 0 Å². The van der Waals surface area contributed by atoms with E-state index in [1.165, 1.54) is 44.2 Å². The number of nitrogens with one attached hydrogen (secondary N) is 1. The average molecular weight is 269 g/mol. The summed E-state index contributed by atoms with van der Waals surface area (Å²) in [7, 11) is 0. The van der Waals surface area contributed by atoms with Gasteiger partial charge in [0.05, 0.1) is 0 Å². The summed E-state index contributed by atoms with van der Waals surface area (Å²) < 4.78 is 0. The molecule has 18 heavy (non-hydrogen) atoms. The molecule has 0 saturated carbocycles. The van der Waals surface area contributed by atoms with Crippen LogP contribution in [0.15, 0.2) is 5.10 Å². The van der Waals surface area contributed by atoms with Crippen LogP contribution in [0.5, 0.6) is 0 Å². The lowest BCUT2D eigenvalue weighted by molar-refractivity contribution is 0.477. The molecule has 1 rings (SSSR count). The first-order valence-corrected chi connectivity index (χ1v) is 7.80. The Kier molecular flexibility index (Phi) is 7.98. The zero-order valence-corrected chi connectivity index (χ0v) is 12.7. The first-order valence-electron chi connectivity index (χ1n) is 7.39. The van der Waals surface area contributed by atoms with E-state index in [0.29, 0.717) is 0 Å². The highest BCUT2D eigenvalue weighted by Gasteiger charge is 2.16. The van der Waals surface area contributed by atoms with Gasteiger partial charge in [-0.1, -0.05) is 39.5 Å². The minimum absolute atomic E-state index is 0.802. The molecule has 1 aliphatic rings. The van der Waals surface area contributed by atoms with Gasteiger partial charge in [0.15, 0.2) is 5.11 Å². The molecule has 1 heterocycles. The van der Waals surface area contributed by atoms with Crippen molar-refractivity contribution in [1.82, 2.24) is 10.3 Å². The second-order valence-electron chi connectivity index (χ2n) is 4.94. The maximum Gasteiger partial charge on any atom is 0.189 e. The molecule has 0 bridgehead atoms.